The summed E-state index contributed by atoms with van der Waals surface area (Å²) in [4.78, 5) is 9.35. The first kappa shape index (κ1) is 19.2. The van der Waals surface area contributed by atoms with E-state index in [4.69, 9.17) is 4.98 Å². The molecule has 0 saturated carbocycles. The summed E-state index contributed by atoms with van der Waals surface area (Å²) in [5.74, 6) is 1.84. The topological polar surface area (TPSA) is 57.2 Å². The Hall–Kier alpha value is -3.15. The fourth-order valence-electron chi connectivity index (χ4n) is 3.73. The van der Waals surface area contributed by atoms with E-state index in [0.717, 1.165) is 37.7 Å². The Kier molecular flexibility index (Phi) is 5.60. The van der Waals surface area contributed by atoms with Crippen molar-refractivity contribution in [2.45, 2.75) is 26.7 Å². The smallest absolute Gasteiger partial charge is 0.247 e. The molecule has 1 aliphatic rings. The van der Waals surface area contributed by atoms with Gasteiger partial charge in [0.05, 0.1) is 6.20 Å². The first-order valence-electron chi connectivity index (χ1n) is 10.2. The molecule has 0 unspecified atom stereocenters. The molecular weight excluding hydrogens is 360 g/mol. The molecule has 1 aliphatic heterocycles. The molecule has 1 fully saturated rings. The standard InChI is InChI=1S/C23H28N6/c1-17(2)20-9-4-5-10-21(20)25-22-16-24-27-23(26-22)29-13-11-28(12-14-29)19-8-6-7-18(3)15-19/h4-10,15-17H,11-14H2,1-3H3,(H,25,26,27). The van der Waals surface area contributed by atoms with E-state index in [0.29, 0.717) is 11.9 Å². The average Bonchev–Trinajstić information content (AvgIpc) is 2.74. The zero-order chi connectivity index (χ0) is 20.2. The van der Waals surface area contributed by atoms with Gasteiger partial charge in [-0.3, -0.25) is 0 Å². The van der Waals surface area contributed by atoms with Gasteiger partial charge in [-0.2, -0.15) is 10.1 Å². The zero-order valence-corrected chi connectivity index (χ0v) is 17.3. The third-order valence-electron chi connectivity index (χ3n) is 5.32. The van der Waals surface area contributed by atoms with Crippen molar-refractivity contribution in [3.63, 3.8) is 0 Å². The molecule has 0 atom stereocenters. The molecule has 1 saturated heterocycles. The average molecular weight is 389 g/mol. The molecule has 0 radical (unpaired) electrons. The van der Waals surface area contributed by atoms with Gasteiger partial charge in [0, 0.05) is 37.6 Å². The molecule has 0 spiro atoms. The molecule has 0 bridgehead atoms. The van der Waals surface area contributed by atoms with Crippen molar-refractivity contribution in [3.05, 3.63) is 65.9 Å². The van der Waals surface area contributed by atoms with Crippen LogP contribution in [0.3, 0.4) is 0 Å². The highest BCUT2D eigenvalue weighted by atomic mass is 15.4. The van der Waals surface area contributed by atoms with E-state index in [9.17, 15) is 0 Å². The van der Waals surface area contributed by atoms with Gasteiger partial charge in [-0.15, -0.1) is 5.10 Å². The molecular formula is C23H28N6. The number of aryl methyl sites for hydroxylation is 1. The van der Waals surface area contributed by atoms with E-state index in [1.807, 2.05) is 6.07 Å². The highest BCUT2D eigenvalue weighted by Crippen LogP contribution is 2.26. The van der Waals surface area contributed by atoms with Gasteiger partial charge in [0.2, 0.25) is 5.95 Å². The molecule has 0 aliphatic carbocycles. The molecule has 1 N–H and O–H groups in total. The molecule has 150 valence electrons. The van der Waals surface area contributed by atoms with E-state index >= 15 is 0 Å². The maximum absolute atomic E-state index is 4.73. The van der Waals surface area contributed by atoms with Crippen LogP contribution in [-0.4, -0.2) is 41.4 Å². The highest BCUT2D eigenvalue weighted by molar-refractivity contribution is 5.61. The van der Waals surface area contributed by atoms with Crippen LogP contribution in [0, 0.1) is 6.92 Å². The van der Waals surface area contributed by atoms with Gasteiger partial charge in [0.15, 0.2) is 5.82 Å². The maximum Gasteiger partial charge on any atom is 0.247 e. The van der Waals surface area contributed by atoms with E-state index in [1.165, 1.54) is 16.8 Å². The number of piperazine rings is 1. The van der Waals surface area contributed by atoms with E-state index in [-0.39, 0.29) is 0 Å². The quantitative estimate of drug-likeness (QED) is 0.700. The number of rotatable bonds is 5. The normalized spacial score (nSPS) is 14.3. The van der Waals surface area contributed by atoms with Crippen LogP contribution in [0.5, 0.6) is 0 Å². The van der Waals surface area contributed by atoms with Crippen molar-refractivity contribution in [3.8, 4) is 0 Å². The van der Waals surface area contributed by atoms with Gasteiger partial charge in [-0.25, -0.2) is 0 Å². The molecule has 2 heterocycles. The third kappa shape index (κ3) is 4.47. The number of nitrogens with one attached hydrogen (secondary N) is 1. The molecule has 4 rings (SSSR count). The lowest BCUT2D eigenvalue weighted by Gasteiger charge is -2.36. The summed E-state index contributed by atoms with van der Waals surface area (Å²) in [5.41, 5.74) is 4.90. The Morgan fingerprint density at radius 1 is 0.931 bits per heavy atom. The van der Waals surface area contributed by atoms with Crippen LogP contribution in [0.2, 0.25) is 0 Å². The molecule has 6 heteroatoms. The van der Waals surface area contributed by atoms with Crippen molar-refractivity contribution >= 4 is 23.1 Å². The minimum absolute atomic E-state index is 0.433. The summed E-state index contributed by atoms with van der Waals surface area (Å²) >= 11 is 0. The molecule has 3 aromatic rings. The second-order valence-electron chi connectivity index (χ2n) is 7.82. The van der Waals surface area contributed by atoms with Crippen molar-refractivity contribution < 1.29 is 0 Å². The Labute approximate surface area is 172 Å². The van der Waals surface area contributed by atoms with Crippen molar-refractivity contribution in [2.24, 2.45) is 0 Å². The number of benzene rings is 2. The second kappa shape index (κ2) is 8.47. The molecule has 29 heavy (non-hydrogen) atoms. The first-order chi connectivity index (χ1) is 14.1. The van der Waals surface area contributed by atoms with Crippen molar-refractivity contribution in [1.82, 2.24) is 15.2 Å². The van der Waals surface area contributed by atoms with Crippen molar-refractivity contribution in [2.75, 3.05) is 41.3 Å². The first-order valence-corrected chi connectivity index (χ1v) is 10.2. The summed E-state index contributed by atoms with van der Waals surface area (Å²) in [6, 6.07) is 17.0. The number of anilines is 4. The Balaban J connectivity index is 1.45. The predicted molar refractivity (Wildman–Crippen MR) is 119 cm³/mol. The zero-order valence-electron chi connectivity index (χ0n) is 17.3. The molecule has 0 amide bonds. The monoisotopic (exact) mass is 388 g/mol. The highest BCUT2D eigenvalue weighted by Gasteiger charge is 2.20. The van der Waals surface area contributed by atoms with Gasteiger partial charge in [-0.1, -0.05) is 44.2 Å². The summed E-state index contributed by atoms with van der Waals surface area (Å²) < 4.78 is 0. The van der Waals surface area contributed by atoms with Gasteiger partial charge < -0.3 is 15.1 Å². The fourth-order valence-corrected chi connectivity index (χ4v) is 3.73. The van der Waals surface area contributed by atoms with E-state index in [2.05, 4.69) is 88.5 Å². The van der Waals surface area contributed by atoms with Gasteiger partial charge >= 0.3 is 0 Å². The Bertz CT molecular complexity index is 963. The van der Waals surface area contributed by atoms with Crippen LogP contribution in [0.1, 0.15) is 30.9 Å². The summed E-state index contributed by atoms with van der Waals surface area (Å²) in [7, 11) is 0. The van der Waals surface area contributed by atoms with E-state index < -0.39 is 0 Å². The fraction of sp³-hybridized carbons (Fsp3) is 0.348. The van der Waals surface area contributed by atoms with Crippen LogP contribution >= 0.6 is 0 Å². The largest absolute Gasteiger partial charge is 0.368 e. The number of aromatic nitrogens is 3. The van der Waals surface area contributed by atoms with Crippen LogP contribution < -0.4 is 15.1 Å². The third-order valence-corrected chi connectivity index (χ3v) is 5.32. The lowest BCUT2D eigenvalue weighted by molar-refractivity contribution is 0.635. The minimum atomic E-state index is 0.433. The molecule has 1 aromatic heterocycles. The summed E-state index contributed by atoms with van der Waals surface area (Å²) in [5, 5.41) is 11.9. The number of hydrogen-bond acceptors (Lipinski definition) is 6. The molecule has 6 nitrogen and oxygen atoms in total. The maximum atomic E-state index is 4.73. The van der Waals surface area contributed by atoms with Crippen LogP contribution in [0.4, 0.5) is 23.1 Å². The SMILES string of the molecule is Cc1cccc(N2CCN(c3nncc(Nc4ccccc4C(C)C)n3)CC2)c1. The Morgan fingerprint density at radius 2 is 1.69 bits per heavy atom. The second-order valence-corrected chi connectivity index (χ2v) is 7.82. The van der Waals surface area contributed by atoms with Crippen LogP contribution in [-0.2, 0) is 0 Å². The number of hydrogen-bond donors (Lipinski definition) is 1. The van der Waals surface area contributed by atoms with Crippen molar-refractivity contribution in [1.29, 1.82) is 0 Å². The predicted octanol–water partition coefficient (Wildman–Crippen LogP) is 4.37. The summed E-state index contributed by atoms with van der Waals surface area (Å²) in [6.07, 6.45) is 1.68. The van der Waals surface area contributed by atoms with Gasteiger partial charge in [-0.05, 0) is 42.2 Å². The lowest BCUT2D eigenvalue weighted by atomic mass is 10.0. The van der Waals surface area contributed by atoms with Crippen LogP contribution in [0.15, 0.2) is 54.7 Å². The number of para-hydroxylation sites is 1. The van der Waals surface area contributed by atoms with Gasteiger partial charge in [0.25, 0.3) is 0 Å². The molecule has 2 aromatic carbocycles. The van der Waals surface area contributed by atoms with Gasteiger partial charge in [0.1, 0.15) is 0 Å². The van der Waals surface area contributed by atoms with Crippen LogP contribution in [0.25, 0.3) is 0 Å². The Morgan fingerprint density at radius 3 is 2.45 bits per heavy atom. The van der Waals surface area contributed by atoms with E-state index in [1.54, 1.807) is 6.20 Å². The summed E-state index contributed by atoms with van der Waals surface area (Å²) in [6.45, 7) is 10.2. The number of nitrogens with zero attached hydrogens (tertiary/aromatic N) is 5. The minimum Gasteiger partial charge on any atom is -0.368 e. The lowest BCUT2D eigenvalue weighted by Crippen LogP contribution is -2.47.